The molecule has 0 radical (unpaired) electrons. The van der Waals surface area contributed by atoms with Gasteiger partial charge in [0.15, 0.2) is 0 Å². The molecule has 0 atom stereocenters. The smallest absolute Gasteiger partial charge is 0.332 e. The molecule has 0 aromatic rings. The fourth-order valence-corrected chi connectivity index (χ4v) is 0.447. The molecule has 0 aromatic heterocycles. The van der Waals surface area contributed by atoms with Crippen molar-refractivity contribution in [3.63, 3.8) is 0 Å². The Labute approximate surface area is 63.2 Å². The third kappa shape index (κ3) is 3.76. The van der Waals surface area contributed by atoms with E-state index in [2.05, 4.69) is 0 Å². The molecule has 0 aliphatic heterocycles. The SMILES string of the molecule is C#CC/C(=C/C(=O)O)C(=O)O. The van der Waals surface area contributed by atoms with E-state index < -0.39 is 11.9 Å². The molecule has 0 aliphatic rings. The first-order valence-corrected chi connectivity index (χ1v) is 2.68. The molecular weight excluding hydrogens is 148 g/mol. The first-order chi connectivity index (χ1) is 5.07. The van der Waals surface area contributed by atoms with Crippen LogP contribution < -0.4 is 0 Å². The second-order valence-corrected chi connectivity index (χ2v) is 1.69. The van der Waals surface area contributed by atoms with Crippen molar-refractivity contribution in [2.75, 3.05) is 0 Å². The van der Waals surface area contributed by atoms with Crippen LogP contribution in [-0.4, -0.2) is 22.2 Å². The number of carbonyl (C=O) groups is 2. The van der Waals surface area contributed by atoms with Gasteiger partial charge in [0.25, 0.3) is 0 Å². The third-order valence-electron chi connectivity index (χ3n) is 0.865. The van der Waals surface area contributed by atoms with Gasteiger partial charge >= 0.3 is 11.9 Å². The maximum Gasteiger partial charge on any atom is 0.332 e. The van der Waals surface area contributed by atoms with Crippen LogP contribution >= 0.6 is 0 Å². The Balaban J connectivity index is 4.49. The van der Waals surface area contributed by atoms with Crippen LogP contribution in [0.1, 0.15) is 6.42 Å². The summed E-state index contributed by atoms with van der Waals surface area (Å²) in [6.45, 7) is 0. The van der Waals surface area contributed by atoms with Crippen LogP contribution in [0, 0.1) is 12.3 Å². The molecule has 0 unspecified atom stereocenters. The zero-order valence-corrected chi connectivity index (χ0v) is 5.57. The molecule has 4 heteroatoms. The van der Waals surface area contributed by atoms with Gasteiger partial charge in [-0.2, -0.15) is 0 Å². The predicted molar refractivity (Wildman–Crippen MR) is 36.8 cm³/mol. The van der Waals surface area contributed by atoms with Gasteiger partial charge in [0.1, 0.15) is 0 Å². The van der Waals surface area contributed by atoms with E-state index >= 15 is 0 Å². The standard InChI is InChI=1S/C7H6O4/c1-2-3-5(7(10)11)4-6(8)9/h1,4H,3H2,(H,8,9)(H,10,11)/b5-4-. The minimum atomic E-state index is -1.31. The summed E-state index contributed by atoms with van der Waals surface area (Å²) < 4.78 is 0. The average Bonchev–Trinajstić information content (AvgIpc) is 1.86. The highest BCUT2D eigenvalue weighted by Gasteiger charge is 2.06. The van der Waals surface area contributed by atoms with Gasteiger partial charge < -0.3 is 10.2 Å². The second kappa shape index (κ2) is 4.12. The van der Waals surface area contributed by atoms with Crippen molar-refractivity contribution in [1.29, 1.82) is 0 Å². The third-order valence-corrected chi connectivity index (χ3v) is 0.865. The minimum Gasteiger partial charge on any atom is -0.478 e. The highest BCUT2D eigenvalue weighted by atomic mass is 16.4. The summed E-state index contributed by atoms with van der Waals surface area (Å²) in [5.41, 5.74) is -0.292. The van der Waals surface area contributed by atoms with Crippen molar-refractivity contribution in [2.24, 2.45) is 0 Å². The van der Waals surface area contributed by atoms with Gasteiger partial charge in [-0.3, -0.25) is 0 Å². The summed E-state index contributed by atoms with van der Waals surface area (Å²) in [5.74, 6) is -0.566. The van der Waals surface area contributed by atoms with E-state index in [1.807, 2.05) is 5.92 Å². The van der Waals surface area contributed by atoms with Crippen LogP contribution in [0.15, 0.2) is 11.6 Å². The Morgan fingerprint density at radius 2 is 2.00 bits per heavy atom. The largest absolute Gasteiger partial charge is 0.478 e. The van der Waals surface area contributed by atoms with Crippen LogP contribution in [0.25, 0.3) is 0 Å². The van der Waals surface area contributed by atoms with Gasteiger partial charge in [0.05, 0.1) is 5.57 Å². The van der Waals surface area contributed by atoms with Crippen molar-refractivity contribution in [1.82, 2.24) is 0 Å². The molecule has 2 N–H and O–H groups in total. The van der Waals surface area contributed by atoms with E-state index in [0.29, 0.717) is 6.08 Å². The van der Waals surface area contributed by atoms with Crippen LogP contribution in [0.3, 0.4) is 0 Å². The van der Waals surface area contributed by atoms with Crippen molar-refractivity contribution >= 4 is 11.9 Å². The number of carboxylic acids is 2. The highest BCUT2D eigenvalue weighted by Crippen LogP contribution is 1.99. The number of terminal acetylenes is 1. The molecular formula is C7H6O4. The molecule has 58 valence electrons. The molecule has 0 bridgehead atoms. The lowest BCUT2D eigenvalue weighted by molar-refractivity contribution is -0.135. The lowest BCUT2D eigenvalue weighted by Gasteiger charge is -1.92. The van der Waals surface area contributed by atoms with E-state index in [9.17, 15) is 9.59 Å². The Morgan fingerprint density at radius 3 is 2.27 bits per heavy atom. The van der Waals surface area contributed by atoms with Gasteiger partial charge in [-0.15, -0.1) is 12.3 Å². The summed E-state index contributed by atoms with van der Waals surface area (Å²) in [7, 11) is 0. The van der Waals surface area contributed by atoms with Crippen LogP contribution in [0.4, 0.5) is 0 Å². The average molecular weight is 154 g/mol. The summed E-state index contributed by atoms with van der Waals surface area (Å²) in [6, 6.07) is 0. The summed E-state index contributed by atoms with van der Waals surface area (Å²) in [5, 5.41) is 16.5. The molecule has 0 aromatic carbocycles. The molecule has 0 saturated heterocycles. The molecule has 4 nitrogen and oxygen atoms in total. The molecule has 0 amide bonds. The maximum absolute atomic E-state index is 10.2. The van der Waals surface area contributed by atoms with Gasteiger partial charge in [0, 0.05) is 12.5 Å². The molecule has 0 heterocycles. The Bertz CT molecular complexity index is 244. The second-order valence-electron chi connectivity index (χ2n) is 1.69. The van der Waals surface area contributed by atoms with E-state index in [0.717, 1.165) is 0 Å². The van der Waals surface area contributed by atoms with Gasteiger partial charge in [-0.1, -0.05) is 0 Å². The lowest BCUT2D eigenvalue weighted by atomic mass is 10.2. The quantitative estimate of drug-likeness (QED) is 0.446. The zero-order chi connectivity index (χ0) is 8.85. The summed E-state index contributed by atoms with van der Waals surface area (Å²) >= 11 is 0. The van der Waals surface area contributed by atoms with Crippen LogP contribution in [-0.2, 0) is 9.59 Å². The number of hydrogen-bond acceptors (Lipinski definition) is 2. The number of hydrogen-bond donors (Lipinski definition) is 2. The summed E-state index contributed by atoms with van der Waals surface area (Å²) in [6.07, 6.45) is 5.20. The summed E-state index contributed by atoms with van der Waals surface area (Å²) in [4.78, 5) is 20.2. The van der Waals surface area contributed by atoms with Gasteiger partial charge in [-0.25, -0.2) is 9.59 Å². The number of rotatable bonds is 3. The topological polar surface area (TPSA) is 74.6 Å². The van der Waals surface area contributed by atoms with E-state index in [4.69, 9.17) is 16.6 Å². The molecule has 0 aliphatic carbocycles. The van der Waals surface area contributed by atoms with Crippen LogP contribution in [0.2, 0.25) is 0 Å². The predicted octanol–water partition coefficient (Wildman–Crippen LogP) is 0.105. The number of carboxylic acid groups (broad SMARTS) is 2. The first kappa shape index (κ1) is 9.24. The molecule has 0 spiro atoms. The van der Waals surface area contributed by atoms with Crippen molar-refractivity contribution in [3.05, 3.63) is 11.6 Å². The van der Waals surface area contributed by atoms with E-state index in [-0.39, 0.29) is 12.0 Å². The van der Waals surface area contributed by atoms with Gasteiger partial charge in [0.2, 0.25) is 0 Å². The number of aliphatic carboxylic acids is 2. The fraction of sp³-hybridized carbons (Fsp3) is 0.143. The maximum atomic E-state index is 10.2. The normalized spacial score (nSPS) is 10.3. The lowest BCUT2D eigenvalue weighted by Crippen LogP contribution is -2.03. The first-order valence-electron chi connectivity index (χ1n) is 2.68. The highest BCUT2D eigenvalue weighted by molar-refractivity contribution is 5.94. The van der Waals surface area contributed by atoms with Crippen LogP contribution in [0.5, 0.6) is 0 Å². The van der Waals surface area contributed by atoms with E-state index in [1.165, 1.54) is 0 Å². The van der Waals surface area contributed by atoms with Crippen molar-refractivity contribution in [3.8, 4) is 12.3 Å². The molecule has 0 fully saturated rings. The Hall–Kier alpha value is -1.76. The van der Waals surface area contributed by atoms with Gasteiger partial charge in [-0.05, 0) is 0 Å². The molecule has 0 rings (SSSR count). The minimum absolute atomic E-state index is 0.179. The fourth-order valence-electron chi connectivity index (χ4n) is 0.447. The van der Waals surface area contributed by atoms with Crippen molar-refractivity contribution in [2.45, 2.75) is 6.42 Å². The van der Waals surface area contributed by atoms with Crippen molar-refractivity contribution < 1.29 is 19.8 Å². The monoisotopic (exact) mass is 154 g/mol. The molecule has 0 saturated carbocycles. The Kier molecular flexibility index (Phi) is 3.46. The zero-order valence-electron chi connectivity index (χ0n) is 5.57. The Morgan fingerprint density at radius 1 is 1.45 bits per heavy atom. The molecule has 11 heavy (non-hydrogen) atoms. The van der Waals surface area contributed by atoms with E-state index in [1.54, 1.807) is 0 Å².